The number of ether oxygens (including phenoxy) is 1. The van der Waals surface area contributed by atoms with Crippen molar-refractivity contribution in [3.05, 3.63) is 0 Å². The normalized spacial score (nSPS) is 19.4. The second-order valence-corrected chi connectivity index (χ2v) is 3.46. The lowest BCUT2D eigenvalue weighted by Crippen LogP contribution is -2.20. The third-order valence-corrected chi connectivity index (χ3v) is 2.43. The number of hydrogen-bond donors (Lipinski definition) is 0. The molecule has 0 bridgehead atoms. The van der Waals surface area contributed by atoms with Crippen LogP contribution in [0.25, 0.3) is 0 Å². The molecular weight excluding hydrogens is 152 g/mol. The van der Waals surface area contributed by atoms with E-state index in [1.54, 1.807) is 0 Å². The third kappa shape index (κ3) is 3.35. The molecule has 12 heavy (non-hydrogen) atoms. The zero-order chi connectivity index (χ0) is 8.81. The summed E-state index contributed by atoms with van der Waals surface area (Å²) in [6, 6.07) is 0. The molecule has 70 valence electrons. The number of ketones is 1. The van der Waals surface area contributed by atoms with Crippen LogP contribution < -0.4 is 0 Å². The van der Waals surface area contributed by atoms with Crippen molar-refractivity contribution in [3.63, 3.8) is 0 Å². The van der Waals surface area contributed by atoms with Gasteiger partial charge in [0.15, 0.2) is 5.78 Å². The number of carbonyl (C=O) groups is 1. The molecule has 0 N–H and O–H groups in total. The molecule has 0 radical (unpaired) electrons. The maximum atomic E-state index is 10.9. The highest BCUT2D eigenvalue weighted by molar-refractivity contribution is 5.79. The summed E-state index contributed by atoms with van der Waals surface area (Å²) in [5.41, 5.74) is 0. The van der Waals surface area contributed by atoms with Crippen LogP contribution in [-0.4, -0.2) is 18.5 Å². The largest absolute Gasteiger partial charge is 0.370 e. The highest BCUT2D eigenvalue weighted by Crippen LogP contribution is 2.19. The van der Waals surface area contributed by atoms with Gasteiger partial charge < -0.3 is 4.74 Å². The SMILES string of the molecule is CCC(=O)COC1CCCCC1. The molecule has 0 unspecified atom stereocenters. The van der Waals surface area contributed by atoms with Crippen LogP contribution in [0.15, 0.2) is 0 Å². The zero-order valence-electron chi connectivity index (χ0n) is 7.84. The van der Waals surface area contributed by atoms with Gasteiger partial charge in [-0.2, -0.15) is 0 Å². The molecule has 0 aliphatic heterocycles. The first-order valence-corrected chi connectivity index (χ1v) is 4.96. The lowest BCUT2D eigenvalue weighted by atomic mass is 9.98. The van der Waals surface area contributed by atoms with E-state index in [4.69, 9.17) is 4.74 Å². The fourth-order valence-corrected chi connectivity index (χ4v) is 1.54. The highest BCUT2D eigenvalue weighted by atomic mass is 16.5. The van der Waals surface area contributed by atoms with Crippen LogP contribution in [0.2, 0.25) is 0 Å². The minimum atomic E-state index is 0.223. The van der Waals surface area contributed by atoms with Gasteiger partial charge in [0.2, 0.25) is 0 Å². The molecule has 1 fully saturated rings. The van der Waals surface area contributed by atoms with Crippen molar-refractivity contribution in [3.8, 4) is 0 Å². The van der Waals surface area contributed by atoms with Crippen LogP contribution in [0.1, 0.15) is 45.4 Å². The van der Waals surface area contributed by atoms with Crippen molar-refractivity contribution in [2.45, 2.75) is 51.6 Å². The van der Waals surface area contributed by atoms with Gasteiger partial charge >= 0.3 is 0 Å². The third-order valence-electron chi connectivity index (χ3n) is 2.43. The van der Waals surface area contributed by atoms with Gasteiger partial charge in [-0.15, -0.1) is 0 Å². The predicted molar refractivity (Wildman–Crippen MR) is 48.1 cm³/mol. The summed E-state index contributed by atoms with van der Waals surface area (Å²) < 4.78 is 5.49. The number of Topliss-reactive ketones (excluding diaryl/α,β-unsaturated/α-hetero) is 1. The molecule has 0 heterocycles. The maximum absolute atomic E-state index is 10.9. The Balaban J connectivity index is 2.09. The van der Waals surface area contributed by atoms with Crippen LogP contribution in [0, 0.1) is 0 Å². The predicted octanol–water partition coefficient (Wildman–Crippen LogP) is 2.31. The summed E-state index contributed by atoms with van der Waals surface area (Å²) in [5.74, 6) is 0.223. The molecule has 0 aromatic rings. The Morgan fingerprint density at radius 1 is 1.33 bits per heavy atom. The molecule has 0 atom stereocenters. The smallest absolute Gasteiger partial charge is 0.158 e. The Kier molecular flexibility index (Phi) is 4.30. The second kappa shape index (κ2) is 5.31. The van der Waals surface area contributed by atoms with Crippen LogP contribution in [-0.2, 0) is 9.53 Å². The maximum Gasteiger partial charge on any atom is 0.158 e. The van der Waals surface area contributed by atoms with E-state index in [0.717, 1.165) is 12.8 Å². The highest BCUT2D eigenvalue weighted by Gasteiger charge is 2.14. The summed E-state index contributed by atoms with van der Waals surface area (Å²) in [5, 5.41) is 0. The van der Waals surface area contributed by atoms with Crippen LogP contribution in [0.5, 0.6) is 0 Å². The molecule has 1 saturated carbocycles. The van der Waals surface area contributed by atoms with E-state index in [0.29, 0.717) is 19.1 Å². The Morgan fingerprint density at radius 3 is 2.58 bits per heavy atom. The van der Waals surface area contributed by atoms with Crippen molar-refractivity contribution in [1.29, 1.82) is 0 Å². The standard InChI is InChI=1S/C10H18O2/c1-2-9(11)8-12-10-6-4-3-5-7-10/h10H,2-8H2,1H3. The number of hydrogen-bond acceptors (Lipinski definition) is 2. The molecule has 0 saturated heterocycles. The molecule has 1 rings (SSSR count). The van der Waals surface area contributed by atoms with Gasteiger partial charge in [-0.05, 0) is 12.8 Å². The van der Waals surface area contributed by atoms with E-state index in [2.05, 4.69) is 0 Å². The Morgan fingerprint density at radius 2 is 2.00 bits per heavy atom. The Bertz CT molecular complexity index is 137. The summed E-state index contributed by atoms with van der Waals surface area (Å²) in [6.07, 6.45) is 7.15. The molecule has 2 heteroatoms. The summed E-state index contributed by atoms with van der Waals surface area (Å²) in [6.45, 7) is 2.22. The average molecular weight is 170 g/mol. The quantitative estimate of drug-likeness (QED) is 0.647. The molecule has 1 aliphatic carbocycles. The minimum Gasteiger partial charge on any atom is -0.370 e. The van der Waals surface area contributed by atoms with E-state index in [9.17, 15) is 4.79 Å². The number of carbonyl (C=O) groups excluding carboxylic acids is 1. The van der Waals surface area contributed by atoms with Crippen LogP contribution >= 0.6 is 0 Å². The summed E-state index contributed by atoms with van der Waals surface area (Å²) >= 11 is 0. The van der Waals surface area contributed by atoms with E-state index in [1.807, 2.05) is 6.92 Å². The van der Waals surface area contributed by atoms with Crippen molar-refractivity contribution in [2.75, 3.05) is 6.61 Å². The van der Waals surface area contributed by atoms with Gasteiger partial charge in [-0.25, -0.2) is 0 Å². The van der Waals surface area contributed by atoms with Crippen LogP contribution in [0.4, 0.5) is 0 Å². The summed E-state index contributed by atoms with van der Waals surface area (Å²) in [4.78, 5) is 10.9. The van der Waals surface area contributed by atoms with Gasteiger partial charge in [-0.1, -0.05) is 26.2 Å². The van der Waals surface area contributed by atoms with E-state index in [-0.39, 0.29) is 5.78 Å². The first-order chi connectivity index (χ1) is 5.83. The van der Waals surface area contributed by atoms with Gasteiger partial charge in [0.25, 0.3) is 0 Å². The fraction of sp³-hybridized carbons (Fsp3) is 0.900. The molecule has 0 amide bonds. The average Bonchev–Trinajstić information content (AvgIpc) is 2.16. The molecule has 2 nitrogen and oxygen atoms in total. The first kappa shape index (κ1) is 9.72. The van der Waals surface area contributed by atoms with E-state index >= 15 is 0 Å². The molecule has 0 aromatic carbocycles. The molecule has 1 aliphatic rings. The minimum absolute atomic E-state index is 0.223. The van der Waals surface area contributed by atoms with Gasteiger partial charge in [0.1, 0.15) is 6.61 Å². The molecule has 0 aromatic heterocycles. The monoisotopic (exact) mass is 170 g/mol. The van der Waals surface area contributed by atoms with Crippen LogP contribution in [0.3, 0.4) is 0 Å². The zero-order valence-corrected chi connectivity index (χ0v) is 7.84. The Hall–Kier alpha value is -0.370. The molecular formula is C10H18O2. The van der Waals surface area contributed by atoms with Crippen molar-refractivity contribution < 1.29 is 9.53 Å². The van der Waals surface area contributed by atoms with Gasteiger partial charge in [0.05, 0.1) is 6.10 Å². The lowest BCUT2D eigenvalue weighted by Gasteiger charge is -2.21. The van der Waals surface area contributed by atoms with E-state index in [1.165, 1.54) is 19.3 Å². The second-order valence-electron chi connectivity index (χ2n) is 3.46. The van der Waals surface area contributed by atoms with Gasteiger partial charge in [-0.3, -0.25) is 4.79 Å². The topological polar surface area (TPSA) is 26.3 Å². The Labute approximate surface area is 74.3 Å². The van der Waals surface area contributed by atoms with Crippen molar-refractivity contribution in [2.24, 2.45) is 0 Å². The lowest BCUT2D eigenvalue weighted by molar-refractivity contribution is -0.125. The van der Waals surface area contributed by atoms with E-state index < -0.39 is 0 Å². The van der Waals surface area contributed by atoms with Crippen molar-refractivity contribution in [1.82, 2.24) is 0 Å². The number of rotatable bonds is 4. The first-order valence-electron chi connectivity index (χ1n) is 4.96. The summed E-state index contributed by atoms with van der Waals surface area (Å²) in [7, 11) is 0. The fourth-order valence-electron chi connectivity index (χ4n) is 1.54. The van der Waals surface area contributed by atoms with Gasteiger partial charge in [0, 0.05) is 6.42 Å². The molecule has 0 spiro atoms. The van der Waals surface area contributed by atoms with Crippen molar-refractivity contribution >= 4 is 5.78 Å².